The SMILES string of the molecule is CCn1cc(S(=O)(=O)Cl)cc1C(=O)OCC1CCOCC1. The Hall–Kier alpha value is -1.05. The standard InChI is InChI=1S/C13H18ClNO5S/c1-2-15-8-11(21(14,17)18)7-12(15)13(16)20-9-10-3-5-19-6-4-10/h7-8,10H,2-6,9H2,1H3. The van der Waals surface area contributed by atoms with Crippen LogP contribution >= 0.6 is 10.7 Å². The number of rotatable bonds is 5. The number of carbonyl (C=O) groups is 1. The molecule has 0 atom stereocenters. The second kappa shape index (κ2) is 6.81. The maximum absolute atomic E-state index is 12.1. The monoisotopic (exact) mass is 335 g/mol. The van der Waals surface area contributed by atoms with Crippen LogP contribution in [0, 0.1) is 5.92 Å². The van der Waals surface area contributed by atoms with E-state index in [4.69, 9.17) is 20.2 Å². The van der Waals surface area contributed by atoms with Crippen molar-refractivity contribution in [3.63, 3.8) is 0 Å². The molecule has 1 aromatic heterocycles. The Bertz CT molecular complexity index is 604. The highest BCUT2D eigenvalue weighted by Crippen LogP contribution is 2.20. The number of halogens is 1. The summed E-state index contributed by atoms with van der Waals surface area (Å²) in [6, 6.07) is 1.25. The lowest BCUT2D eigenvalue weighted by molar-refractivity contribution is 0.0178. The summed E-state index contributed by atoms with van der Waals surface area (Å²) in [6.07, 6.45) is 3.07. The molecule has 6 nitrogen and oxygen atoms in total. The first-order valence-corrected chi connectivity index (χ1v) is 9.12. The van der Waals surface area contributed by atoms with E-state index in [0.29, 0.717) is 32.3 Å². The average molecular weight is 336 g/mol. The van der Waals surface area contributed by atoms with Crippen molar-refractivity contribution in [2.75, 3.05) is 19.8 Å². The molecule has 0 N–H and O–H groups in total. The number of carbonyl (C=O) groups excluding carboxylic acids is 1. The van der Waals surface area contributed by atoms with Crippen molar-refractivity contribution in [2.24, 2.45) is 5.92 Å². The van der Waals surface area contributed by atoms with Crippen LogP contribution in [-0.2, 0) is 25.1 Å². The first-order chi connectivity index (χ1) is 9.91. The highest BCUT2D eigenvalue weighted by molar-refractivity contribution is 8.13. The van der Waals surface area contributed by atoms with Crippen LogP contribution in [-0.4, -0.2) is 38.8 Å². The molecule has 1 fully saturated rings. The lowest BCUT2D eigenvalue weighted by Gasteiger charge is -2.21. The minimum atomic E-state index is -3.86. The van der Waals surface area contributed by atoms with E-state index in [1.165, 1.54) is 16.8 Å². The van der Waals surface area contributed by atoms with Crippen LogP contribution in [0.2, 0.25) is 0 Å². The van der Waals surface area contributed by atoms with Crippen LogP contribution in [0.1, 0.15) is 30.3 Å². The van der Waals surface area contributed by atoms with E-state index >= 15 is 0 Å². The van der Waals surface area contributed by atoms with Crippen molar-refractivity contribution in [2.45, 2.75) is 31.2 Å². The molecule has 1 aliphatic rings. The Kier molecular flexibility index (Phi) is 5.29. The largest absolute Gasteiger partial charge is 0.461 e. The lowest BCUT2D eigenvalue weighted by Crippen LogP contribution is -2.22. The zero-order valence-corrected chi connectivity index (χ0v) is 13.3. The molecule has 0 bridgehead atoms. The molecule has 2 heterocycles. The lowest BCUT2D eigenvalue weighted by atomic mass is 10.0. The van der Waals surface area contributed by atoms with Crippen LogP contribution in [0.4, 0.5) is 0 Å². The number of ether oxygens (including phenoxy) is 2. The third kappa shape index (κ3) is 4.21. The van der Waals surface area contributed by atoms with Gasteiger partial charge in [-0.3, -0.25) is 0 Å². The van der Waals surface area contributed by atoms with Gasteiger partial charge in [0.2, 0.25) is 0 Å². The first-order valence-electron chi connectivity index (χ1n) is 6.81. The Labute approximate surface area is 128 Å². The highest BCUT2D eigenvalue weighted by Gasteiger charge is 2.22. The molecule has 0 unspecified atom stereocenters. The smallest absolute Gasteiger partial charge is 0.354 e. The van der Waals surface area contributed by atoms with Crippen LogP contribution in [0.15, 0.2) is 17.2 Å². The fourth-order valence-electron chi connectivity index (χ4n) is 2.23. The van der Waals surface area contributed by atoms with Gasteiger partial charge in [0.05, 0.1) is 6.61 Å². The average Bonchev–Trinajstić information content (AvgIpc) is 2.90. The fraction of sp³-hybridized carbons (Fsp3) is 0.615. The summed E-state index contributed by atoms with van der Waals surface area (Å²) in [7, 11) is 1.44. The Morgan fingerprint density at radius 3 is 2.71 bits per heavy atom. The second-order valence-corrected chi connectivity index (χ2v) is 7.51. The molecule has 1 aromatic rings. The van der Waals surface area contributed by atoms with Gasteiger partial charge in [-0.05, 0) is 31.7 Å². The van der Waals surface area contributed by atoms with Crippen LogP contribution in [0.3, 0.4) is 0 Å². The van der Waals surface area contributed by atoms with E-state index in [1.807, 2.05) is 0 Å². The van der Waals surface area contributed by atoms with E-state index in [1.54, 1.807) is 6.92 Å². The van der Waals surface area contributed by atoms with Crippen LogP contribution in [0.5, 0.6) is 0 Å². The van der Waals surface area contributed by atoms with Crippen molar-refractivity contribution in [3.8, 4) is 0 Å². The van der Waals surface area contributed by atoms with Crippen molar-refractivity contribution < 1.29 is 22.7 Å². The normalized spacial score (nSPS) is 16.9. The van der Waals surface area contributed by atoms with E-state index in [2.05, 4.69) is 0 Å². The van der Waals surface area contributed by atoms with Gasteiger partial charge in [-0.25, -0.2) is 13.2 Å². The number of aromatic nitrogens is 1. The summed E-state index contributed by atoms with van der Waals surface area (Å²) in [5.74, 6) is -0.237. The topological polar surface area (TPSA) is 74.6 Å². The van der Waals surface area contributed by atoms with Gasteiger partial charge in [0.1, 0.15) is 10.6 Å². The Balaban J connectivity index is 2.05. The summed E-state index contributed by atoms with van der Waals surface area (Å²) < 4.78 is 34.7. The van der Waals surface area contributed by atoms with Gasteiger partial charge in [0.15, 0.2) is 0 Å². The summed E-state index contributed by atoms with van der Waals surface area (Å²) >= 11 is 0. The quantitative estimate of drug-likeness (QED) is 0.608. The molecule has 0 radical (unpaired) electrons. The summed E-state index contributed by atoms with van der Waals surface area (Å²) in [5.41, 5.74) is 0.198. The number of nitrogens with zero attached hydrogens (tertiary/aromatic N) is 1. The molecule has 1 aliphatic heterocycles. The summed E-state index contributed by atoms with van der Waals surface area (Å²) in [5, 5.41) is 0. The molecule has 0 amide bonds. The Morgan fingerprint density at radius 1 is 1.48 bits per heavy atom. The van der Waals surface area contributed by atoms with Gasteiger partial charge in [-0.15, -0.1) is 0 Å². The minimum Gasteiger partial charge on any atom is -0.461 e. The molecule has 1 saturated heterocycles. The third-order valence-electron chi connectivity index (χ3n) is 3.49. The van der Waals surface area contributed by atoms with E-state index in [0.717, 1.165) is 12.8 Å². The van der Waals surface area contributed by atoms with Gasteiger partial charge >= 0.3 is 5.97 Å². The Morgan fingerprint density at radius 2 is 2.14 bits per heavy atom. The zero-order valence-electron chi connectivity index (χ0n) is 11.7. The van der Waals surface area contributed by atoms with Crippen molar-refractivity contribution in [3.05, 3.63) is 18.0 Å². The van der Waals surface area contributed by atoms with Gasteiger partial charge < -0.3 is 14.0 Å². The molecule has 0 saturated carbocycles. The number of hydrogen-bond acceptors (Lipinski definition) is 5. The van der Waals surface area contributed by atoms with Crippen LogP contribution < -0.4 is 0 Å². The van der Waals surface area contributed by atoms with E-state index in [-0.39, 0.29) is 10.6 Å². The summed E-state index contributed by atoms with van der Waals surface area (Å²) in [6.45, 7) is 3.94. The summed E-state index contributed by atoms with van der Waals surface area (Å²) in [4.78, 5) is 12.0. The van der Waals surface area contributed by atoms with E-state index < -0.39 is 15.0 Å². The minimum absolute atomic E-state index is 0.0935. The third-order valence-corrected chi connectivity index (χ3v) is 4.81. The molecule has 21 heavy (non-hydrogen) atoms. The van der Waals surface area contributed by atoms with Gasteiger partial charge in [0, 0.05) is 36.6 Å². The number of hydrogen-bond donors (Lipinski definition) is 0. The molecule has 2 rings (SSSR count). The predicted molar refractivity (Wildman–Crippen MR) is 77.0 cm³/mol. The molecular formula is C13H18ClNO5S. The fourth-order valence-corrected chi connectivity index (χ4v) is 2.99. The number of esters is 1. The molecular weight excluding hydrogens is 318 g/mol. The van der Waals surface area contributed by atoms with Crippen molar-refractivity contribution in [1.29, 1.82) is 0 Å². The number of aryl methyl sites for hydroxylation is 1. The van der Waals surface area contributed by atoms with Crippen molar-refractivity contribution >= 4 is 25.7 Å². The predicted octanol–water partition coefficient (Wildman–Crippen LogP) is 2.02. The van der Waals surface area contributed by atoms with Gasteiger partial charge in [-0.1, -0.05) is 0 Å². The zero-order chi connectivity index (χ0) is 15.5. The molecule has 0 spiro atoms. The maximum Gasteiger partial charge on any atom is 0.354 e. The molecule has 118 valence electrons. The molecule has 0 aliphatic carbocycles. The second-order valence-electron chi connectivity index (χ2n) is 4.94. The molecule has 8 heteroatoms. The first kappa shape index (κ1) is 16.3. The van der Waals surface area contributed by atoms with Crippen LogP contribution in [0.25, 0.3) is 0 Å². The maximum atomic E-state index is 12.1. The van der Waals surface area contributed by atoms with Gasteiger partial charge in [-0.2, -0.15) is 0 Å². The highest BCUT2D eigenvalue weighted by atomic mass is 35.7. The van der Waals surface area contributed by atoms with Crippen molar-refractivity contribution in [1.82, 2.24) is 4.57 Å². The van der Waals surface area contributed by atoms with E-state index in [9.17, 15) is 13.2 Å². The molecule has 0 aromatic carbocycles. The van der Waals surface area contributed by atoms with Gasteiger partial charge in [0.25, 0.3) is 9.05 Å².